The molecule has 3 heteroatoms. The highest BCUT2D eigenvalue weighted by atomic mass is 35.5. The predicted molar refractivity (Wildman–Crippen MR) is 67.1 cm³/mol. The number of benzene rings is 2. The van der Waals surface area contributed by atoms with Crippen molar-refractivity contribution in [2.45, 2.75) is 0 Å². The second-order valence-electron chi connectivity index (χ2n) is 3.75. The topological polar surface area (TPSA) is 4.93 Å². The highest BCUT2D eigenvalue weighted by Gasteiger charge is 2.05. The van der Waals surface area contributed by atoms with Crippen molar-refractivity contribution in [3.63, 3.8) is 0 Å². The molecule has 0 unspecified atom stereocenters. The van der Waals surface area contributed by atoms with Crippen LogP contribution in [0.1, 0.15) is 0 Å². The van der Waals surface area contributed by atoms with Crippen molar-refractivity contribution < 1.29 is 4.39 Å². The normalized spacial score (nSPS) is 10.9. The highest BCUT2D eigenvalue weighted by molar-refractivity contribution is 6.35. The Balaban J connectivity index is 2.24. The van der Waals surface area contributed by atoms with Crippen LogP contribution in [0.5, 0.6) is 0 Å². The van der Waals surface area contributed by atoms with Gasteiger partial charge in [-0.3, -0.25) is 0 Å². The number of rotatable bonds is 1. The number of fused-ring (bicyclic) bond motifs is 1. The minimum Gasteiger partial charge on any atom is -0.317 e. The summed E-state index contributed by atoms with van der Waals surface area (Å²) in [6.45, 7) is 0. The van der Waals surface area contributed by atoms with Gasteiger partial charge >= 0.3 is 0 Å². The van der Waals surface area contributed by atoms with Gasteiger partial charge in [-0.05, 0) is 36.4 Å². The molecule has 0 aliphatic carbocycles. The lowest BCUT2D eigenvalue weighted by atomic mass is 10.2. The van der Waals surface area contributed by atoms with Gasteiger partial charge in [-0.25, -0.2) is 4.39 Å². The SMILES string of the molecule is Fc1ccc(-n2ccc3c(Cl)[c]ccc32)cc1. The average molecular weight is 245 g/mol. The molecule has 17 heavy (non-hydrogen) atoms. The second kappa shape index (κ2) is 3.90. The van der Waals surface area contributed by atoms with E-state index in [0.717, 1.165) is 16.6 Å². The van der Waals surface area contributed by atoms with Crippen molar-refractivity contribution in [3.8, 4) is 5.69 Å². The first-order chi connectivity index (χ1) is 8.25. The third-order valence-corrected chi connectivity index (χ3v) is 3.03. The zero-order chi connectivity index (χ0) is 11.8. The Labute approximate surface area is 103 Å². The molecule has 0 aliphatic heterocycles. The summed E-state index contributed by atoms with van der Waals surface area (Å²) in [4.78, 5) is 0. The third kappa shape index (κ3) is 1.71. The van der Waals surface area contributed by atoms with E-state index in [4.69, 9.17) is 11.6 Å². The van der Waals surface area contributed by atoms with Gasteiger partial charge in [-0.2, -0.15) is 0 Å². The predicted octanol–water partition coefficient (Wildman–Crippen LogP) is 4.22. The lowest BCUT2D eigenvalue weighted by molar-refractivity contribution is 0.627. The molecule has 0 bridgehead atoms. The fourth-order valence-electron chi connectivity index (χ4n) is 1.90. The monoisotopic (exact) mass is 244 g/mol. The summed E-state index contributed by atoms with van der Waals surface area (Å²) in [5.41, 5.74) is 1.89. The van der Waals surface area contributed by atoms with Crippen LogP contribution in [-0.2, 0) is 0 Å². The molecule has 1 aromatic heterocycles. The summed E-state index contributed by atoms with van der Waals surface area (Å²) in [5.74, 6) is -0.239. The second-order valence-corrected chi connectivity index (χ2v) is 4.13. The van der Waals surface area contributed by atoms with Crippen LogP contribution in [0.15, 0.2) is 48.7 Å². The van der Waals surface area contributed by atoms with Crippen LogP contribution in [0, 0.1) is 11.9 Å². The van der Waals surface area contributed by atoms with E-state index in [1.165, 1.54) is 12.1 Å². The highest BCUT2D eigenvalue weighted by Crippen LogP contribution is 2.26. The van der Waals surface area contributed by atoms with Crippen molar-refractivity contribution in [2.24, 2.45) is 0 Å². The Hall–Kier alpha value is -1.80. The maximum atomic E-state index is 12.9. The summed E-state index contributed by atoms with van der Waals surface area (Å²) in [6, 6.07) is 14.9. The van der Waals surface area contributed by atoms with E-state index in [0.29, 0.717) is 5.02 Å². The molecular formula is C14H8ClFN. The minimum atomic E-state index is -0.239. The number of aromatic nitrogens is 1. The molecule has 2 aromatic carbocycles. The first-order valence-electron chi connectivity index (χ1n) is 5.19. The Morgan fingerprint density at radius 1 is 1.06 bits per heavy atom. The summed E-state index contributed by atoms with van der Waals surface area (Å²) in [5, 5.41) is 1.54. The zero-order valence-corrected chi connectivity index (χ0v) is 9.58. The van der Waals surface area contributed by atoms with Crippen molar-refractivity contribution in [1.82, 2.24) is 4.57 Å². The van der Waals surface area contributed by atoms with Gasteiger partial charge in [0, 0.05) is 23.3 Å². The molecule has 0 atom stereocenters. The molecule has 83 valence electrons. The van der Waals surface area contributed by atoms with E-state index in [9.17, 15) is 4.39 Å². The molecule has 1 heterocycles. The quantitative estimate of drug-likeness (QED) is 0.604. The van der Waals surface area contributed by atoms with Crippen LogP contribution in [0.3, 0.4) is 0 Å². The van der Waals surface area contributed by atoms with Crippen LogP contribution in [0.2, 0.25) is 5.02 Å². The van der Waals surface area contributed by atoms with E-state index in [2.05, 4.69) is 6.07 Å². The molecule has 0 fully saturated rings. The molecule has 1 nitrogen and oxygen atoms in total. The van der Waals surface area contributed by atoms with Crippen LogP contribution < -0.4 is 0 Å². The molecule has 0 spiro atoms. The average Bonchev–Trinajstić information content (AvgIpc) is 2.75. The van der Waals surface area contributed by atoms with Crippen LogP contribution >= 0.6 is 11.6 Å². The van der Waals surface area contributed by atoms with Crippen molar-refractivity contribution >= 4 is 22.5 Å². The molecule has 1 radical (unpaired) electrons. The molecule has 0 N–H and O–H groups in total. The van der Waals surface area contributed by atoms with Gasteiger partial charge in [0.15, 0.2) is 0 Å². The molecule has 3 rings (SSSR count). The minimum absolute atomic E-state index is 0.239. The Kier molecular flexibility index (Phi) is 2.37. The molecule has 0 amide bonds. The van der Waals surface area contributed by atoms with Gasteiger partial charge in [0.2, 0.25) is 0 Å². The summed E-state index contributed by atoms with van der Waals surface area (Å²) < 4.78 is 14.8. The molecule has 0 saturated carbocycles. The van der Waals surface area contributed by atoms with E-state index >= 15 is 0 Å². The summed E-state index contributed by atoms with van der Waals surface area (Å²) >= 11 is 6.05. The maximum Gasteiger partial charge on any atom is 0.123 e. The van der Waals surface area contributed by atoms with Crippen LogP contribution in [0.4, 0.5) is 4.39 Å². The van der Waals surface area contributed by atoms with Crippen LogP contribution in [0.25, 0.3) is 16.6 Å². The third-order valence-electron chi connectivity index (χ3n) is 2.72. The van der Waals surface area contributed by atoms with E-state index < -0.39 is 0 Å². The van der Waals surface area contributed by atoms with Crippen molar-refractivity contribution in [1.29, 1.82) is 0 Å². The van der Waals surface area contributed by atoms with Gasteiger partial charge in [0.25, 0.3) is 0 Å². The Bertz CT molecular complexity index is 670. The van der Waals surface area contributed by atoms with Gasteiger partial charge in [0.05, 0.1) is 10.5 Å². The Morgan fingerprint density at radius 3 is 2.59 bits per heavy atom. The standard InChI is InChI=1S/C14H8ClFN/c15-13-2-1-3-14-12(13)8-9-17(14)11-6-4-10(16)5-7-11/h1,3-9H. The first kappa shape index (κ1) is 10.4. The zero-order valence-electron chi connectivity index (χ0n) is 8.82. The van der Waals surface area contributed by atoms with E-state index in [-0.39, 0.29) is 5.82 Å². The van der Waals surface area contributed by atoms with Gasteiger partial charge in [-0.15, -0.1) is 0 Å². The number of nitrogens with zero attached hydrogens (tertiary/aromatic N) is 1. The molecule has 3 aromatic rings. The fraction of sp³-hybridized carbons (Fsp3) is 0. The number of hydrogen-bond acceptors (Lipinski definition) is 0. The maximum absolute atomic E-state index is 12.9. The van der Waals surface area contributed by atoms with Crippen LogP contribution in [-0.4, -0.2) is 4.57 Å². The molecular weight excluding hydrogens is 237 g/mol. The molecule has 0 saturated heterocycles. The molecule has 0 aliphatic rings. The summed E-state index contributed by atoms with van der Waals surface area (Å²) in [7, 11) is 0. The van der Waals surface area contributed by atoms with Gasteiger partial charge in [0.1, 0.15) is 5.82 Å². The number of hydrogen-bond donors (Lipinski definition) is 0. The van der Waals surface area contributed by atoms with E-state index in [1.54, 1.807) is 18.2 Å². The smallest absolute Gasteiger partial charge is 0.123 e. The first-order valence-corrected chi connectivity index (χ1v) is 5.57. The van der Waals surface area contributed by atoms with Crippen molar-refractivity contribution in [2.75, 3.05) is 0 Å². The van der Waals surface area contributed by atoms with Gasteiger partial charge in [-0.1, -0.05) is 17.7 Å². The summed E-state index contributed by atoms with van der Waals surface area (Å²) in [6.07, 6.45) is 1.91. The lowest BCUT2D eigenvalue weighted by Crippen LogP contribution is -1.91. The lowest BCUT2D eigenvalue weighted by Gasteiger charge is -2.05. The van der Waals surface area contributed by atoms with E-state index in [1.807, 2.05) is 22.9 Å². The fourth-order valence-corrected chi connectivity index (χ4v) is 2.12. The van der Waals surface area contributed by atoms with Crippen molar-refractivity contribution in [3.05, 3.63) is 65.6 Å². The van der Waals surface area contributed by atoms with Gasteiger partial charge < -0.3 is 4.57 Å². The largest absolute Gasteiger partial charge is 0.317 e. The Morgan fingerprint density at radius 2 is 1.82 bits per heavy atom. The number of halogens is 2.